The Morgan fingerprint density at radius 1 is 1.20 bits per heavy atom. The summed E-state index contributed by atoms with van der Waals surface area (Å²) in [6.45, 7) is 0.131. The first-order valence-corrected chi connectivity index (χ1v) is 8.06. The quantitative estimate of drug-likeness (QED) is 0.681. The molecule has 0 fully saturated rings. The molecule has 0 amide bonds. The monoisotopic (exact) mass is 336 g/mol. The molecule has 0 radical (unpaired) electrons. The van der Waals surface area contributed by atoms with E-state index in [4.69, 9.17) is 9.47 Å². The fourth-order valence-electron chi connectivity index (χ4n) is 2.99. The van der Waals surface area contributed by atoms with E-state index in [1.54, 1.807) is 24.3 Å². The Bertz CT molecular complexity index is 971. The average molecular weight is 336 g/mol. The van der Waals surface area contributed by atoms with Gasteiger partial charge in [-0.15, -0.1) is 0 Å². The van der Waals surface area contributed by atoms with Gasteiger partial charge in [-0.25, -0.2) is 0 Å². The van der Waals surface area contributed by atoms with Crippen molar-refractivity contribution >= 4 is 16.9 Å². The lowest BCUT2D eigenvalue weighted by molar-refractivity contribution is -0.146. The number of aromatic nitrogens is 2. The maximum atomic E-state index is 12.2. The fourth-order valence-corrected chi connectivity index (χ4v) is 2.99. The summed E-state index contributed by atoms with van der Waals surface area (Å²) in [5.74, 6) is 0.428. The number of hydrogen-bond acceptors (Lipinski definition) is 5. The van der Waals surface area contributed by atoms with Crippen LogP contribution >= 0.6 is 0 Å². The van der Waals surface area contributed by atoms with Crippen molar-refractivity contribution in [2.75, 3.05) is 6.61 Å². The third-order valence-corrected chi connectivity index (χ3v) is 4.18. The summed E-state index contributed by atoms with van der Waals surface area (Å²) in [6.07, 6.45) is 1.77. The fraction of sp³-hybridized carbons (Fsp3) is 0.211. The Labute approximate surface area is 143 Å². The molecule has 6 heteroatoms. The van der Waals surface area contributed by atoms with Crippen molar-refractivity contribution in [3.05, 3.63) is 70.5 Å². The Morgan fingerprint density at radius 3 is 2.88 bits per heavy atom. The minimum Gasteiger partial charge on any atom is -0.486 e. The number of esters is 1. The first-order chi connectivity index (χ1) is 12.2. The van der Waals surface area contributed by atoms with Crippen LogP contribution in [-0.4, -0.2) is 28.5 Å². The summed E-state index contributed by atoms with van der Waals surface area (Å²) in [5.41, 5.74) is 1.56. The second-order valence-corrected chi connectivity index (χ2v) is 5.92. The third kappa shape index (κ3) is 3.10. The molecule has 1 aliphatic rings. The third-order valence-electron chi connectivity index (χ3n) is 4.18. The zero-order valence-corrected chi connectivity index (χ0v) is 13.4. The maximum Gasteiger partial charge on any atom is 0.327 e. The largest absolute Gasteiger partial charge is 0.486 e. The molecule has 25 heavy (non-hydrogen) atoms. The Balaban J connectivity index is 1.41. The van der Waals surface area contributed by atoms with E-state index in [0.717, 1.165) is 17.7 Å². The predicted molar refractivity (Wildman–Crippen MR) is 91.5 cm³/mol. The molecular weight excluding hydrogens is 320 g/mol. The van der Waals surface area contributed by atoms with Crippen molar-refractivity contribution < 1.29 is 14.3 Å². The van der Waals surface area contributed by atoms with Crippen molar-refractivity contribution in [1.29, 1.82) is 0 Å². The number of para-hydroxylation sites is 2. The van der Waals surface area contributed by atoms with E-state index >= 15 is 0 Å². The van der Waals surface area contributed by atoms with Crippen LogP contribution in [0.3, 0.4) is 0 Å². The van der Waals surface area contributed by atoms with Crippen LogP contribution in [0.25, 0.3) is 10.9 Å². The standard InChI is InChI=1S/C19H16N2O4/c22-17-10-20-21(16-7-3-2-6-15(16)17)11-19(23)24-12-14-9-13-5-1-4-8-18(13)25-14/h1-8,10,14H,9,11-12H2. The highest BCUT2D eigenvalue weighted by Crippen LogP contribution is 2.28. The molecule has 3 aromatic rings. The van der Waals surface area contributed by atoms with Crippen LogP contribution in [0.4, 0.5) is 0 Å². The van der Waals surface area contributed by atoms with Gasteiger partial charge in [-0.3, -0.25) is 14.3 Å². The van der Waals surface area contributed by atoms with Gasteiger partial charge in [-0.05, 0) is 23.8 Å². The molecule has 4 rings (SSSR count). The van der Waals surface area contributed by atoms with Crippen LogP contribution in [0.2, 0.25) is 0 Å². The summed E-state index contributed by atoms with van der Waals surface area (Å²) in [6, 6.07) is 14.8. The summed E-state index contributed by atoms with van der Waals surface area (Å²) < 4.78 is 12.6. The Morgan fingerprint density at radius 2 is 2.00 bits per heavy atom. The Hall–Kier alpha value is -3.15. The van der Waals surface area contributed by atoms with Crippen molar-refractivity contribution in [3.63, 3.8) is 0 Å². The Kier molecular flexibility index (Phi) is 3.93. The van der Waals surface area contributed by atoms with Crippen molar-refractivity contribution in [2.24, 2.45) is 0 Å². The van der Waals surface area contributed by atoms with E-state index < -0.39 is 5.97 Å². The molecule has 0 spiro atoms. The average Bonchev–Trinajstić information content (AvgIpc) is 3.06. The van der Waals surface area contributed by atoms with E-state index in [1.165, 1.54) is 10.9 Å². The second-order valence-electron chi connectivity index (χ2n) is 5.92. The van der Waals surface area contributed by atoms with Gasteiger partial charge >= 0.3 is 5.97 Å². The van der Waals surface area contributed by atoms with E-state index in [0.29, 0.717) is 10.9 Å². The highest BCUT2D eigenvalue weighted by molar-refractivity contribution is 5.79. The highest BCUT2D eigenvalue weighted by atomic mass is 16.6. The summed E-state index contributed by atoms with van der Waals surface area (Å²) in [4.78, 5) is 24.0. The number of fused-ring (bicyclic) bond motifs is 2. The SMILES string of the molecule is O=C(Cn1ncc(=O)c2ccccc21)OCC1Cc2ccccc2O1. The van der Waals surface area contributed by atoms with Gasteiger partial charge in [0.25, 0.3) is 0 Å². The molecule has 2 aromatic carbocycles. The molecule has 0 saturated heterocycles. The van der Waals surface area contributed by atoms with Gasteiger partial charge in [-0.1, -0.05) is 30.3 Å². The minimum absolute atomic E-state index is 0.0551. The minimum atomic E-state index is -0.416. The number of rotatable bonds is 4. The number of ether oxygens (including phenoxy) is 2. The lowest BCUT2D eigenvalue weighted by Gasteiger charge is -2.12. The van der Waals surface area contributed by atoms with Gasteiger partial charge < -0.3 is 9.47 Å². The summed E-state index contributed by atoms with van der Waals surface area (Å²) in [5, 5.41) is 4.56. The number of benzene rings is 2. The van der Waals surface area contributed by atoms with Crippen LogP contribution in [0.5, 0.6) is 5.75 Å². The van der Waals surface area contributed by atoms with Crippen molar-refractivity contribution in [1.82, 2.24) is 9.78 Å². The first kappa shape index (κ1) is 15.4. The van der Waals surface area contributed by atoms with Crippen LogP contribution in [0.1, 0.15) is 5.56 Å². The second kappa shape index (κ2) is 6.39. The molecule has 2 heterocycles. The van der Waals surface area contributed by atoms with E-state index in [2.05, 4.69) is 5.10 Å². The number of nitrogens with zero attached hydrogens (tertiary/aromatic N) is 2. The number of carbonyl (C=O) groups excluding carboxylic acids is 1. The maximum absolute atomic E-state index is 12.2. The zero-order valence-electron chi connectivity index (χ0n) is 13.4. The molecule has 0 saturated carbocycles. The molecule has 1 aliphatic heterocycles. The number of hydrogen-bond donors (Lipinski definition) is 0. The summed E-state index contributed by atoms with van der Waals surface area (Å²) in [7, 11) is 0. The normalized spacial score (nSPS) is 15.6. The van der Waals surface area contributed by atoms with Crippen molar-refractivity contribution in [3.8, 4) is 5.75 Å². The lowest BCUT2D eigenvalue weighted by atomic mass is 10.1. The van der Waals surface area contributed by atoms with Crippen LogP contribution in [0.15, 0.2) is 59.5 Å². The van der Waals surface area contributed by atoms with Gasteiger partial charge in [0.05, 0.1) is 11.7 Å². The van der Waals surface area contributed by atoms with E-state index in [-0.39, 0.29) is 24.7 Å². The molecule has 0 aliphatic carbocycles. The molecule has 0 bridgehead atoms. The molecule has 0 N–H and O–H groups in total. The van der Waals surface area contributed by atoms with Gasteiger partial charge in [0.1, 0.15) is 25.0 Å². The van der Waals surface area contributed by atoms with Gasteiger partial charge in [0.2, 0.25) is 5.43 Å². The van der Waals surface area contributed by atoms with Gasteiger partial charge in [0.15, 0.2) is 0 Å². The summed E-state index contributed by atoms with van der Waals surface area (Å²) >= 11 is 0. The van der Waals surface area contributed by atoms with Crippen molar-refractivity contribution in [2.45, 2.75) is 19.1 Å². The first-order valence-electron chi connectivity index (χ1n) is 8.06. The predicted octanol–water partition coefficient (Wildman–Crippen LogP) is 1.94. The topological polar surface area (TPSA) is 70.4 Å². The molecule has 126 valence electrons. The number of carbonyl (C=O) groups is 1. The van der Waals surface area contributed by atoms with Crippen LogP contribution in [-0.2, 0) is 22.5 Å². The van der Waals surface area contributed by atoms with Gasteiger partial charge in [0, 0.05) is 11.8 Å². The molecule has 1 aromatic heterocycles. The highest BCUT2D eigenvalue weighted by Gasteiger charge is 2.23. The van der Waals surface area contributed by atoms with Gasteiger partial charge in [-0.2, -0.15) is 5.10 Å². The van der Waals surface area contributed by atoms with Crippen LogP contribution in [0, 0.1) is 0 Å². The van der Waals surface area contributed by atoms with Crippen LogP contribution < -0.4 is 10.2 Å². The smallest absolute Gasteiger partial charge is 0.327 e. The zero-order chi connectivity index (χ0) is 17.2. The molecule has 1 atom stereocenters. The van der Waals surface area contributed by atoms with E-state index in [1.807, 2.05) is 24.3 Å². The lowest BCUT2D eigenvalue weighted by Crippen LogP contribution is -2.25. The molecule has 1 unspecified atom stereocenters. The molecule has 6 nitrogen and oxygen atoms in total. The van der Waals surface area contributed by atoms with E-state index in [9.17, 15) is 9.59 Å². The molecular formula is C19H16N2O4.